The van der Waals surface area contributed by atoms with Crippen molar-refractivity contribution >= 4 is 63.9 Å². The van der Waals surface area contributed by atoms with Gasteiger partial charge in [0.25, 0.3) is 0 Å². The molecule has 4 N–H and O–H groups in total. The van der Waals surface area contributed by atoms with Crippen molar-refractivity contribution in [1.82, 2.24) is 30.8 Å². The number of Topliss-reactive ketones (excluding diaryl/α,β-unsaturated/α-hetero) is 1. The van der Waals surface area contributed by atoms with Gasteiger partial charge in [-0.15, -0.1) is 22.7 Å². The lowest BCUT2D eigenvalue weighted by molar-refractivity contribution is -0.182. The van der Waals surface area contributed by atoms with Crippen molar-refractivity contribution in [2.45, 2.75) is 167 Å². The zero-order chi connectivity index (χ0) is 61.2. The van der Waals surface area contributed by atoms with E-state index in [1.54, 1.807) is 37.0 Å². The monoisotopic (exact) mass is 1200 g/mol. The molecule has 2 aromatic heterocycles. The molecule has 2 fully saturated rings. The summed E-state index contributed by atoms with van der Waals surface area (Å²) in [5, 5.41) is 23.5. The number of thiazole rings is 2. The molecule has 0 aliphatic heterocycles. The minimum absolute atomic E-state index is 0.0323. The van der Waals surface area contributed by atoms with Gasteiger partial charge < -0.3 is 40.3 Å². The molecule has 9 rings (SSSR count). The normalized spacial score (nSPS) is 22.0. The van der Waals surface area contributed by atoms with Crippen LogP contribution in [0.3, 0.4) is 0 Å². The number of nitrogens with zero attached hydrogens (tertiary/aromatic N) is 4. The summed E-state index contributed by atoms with van der Waals surface area (Å²) in [5.74, 6) is 0.307. The van der Waals surface area contributed by atoms with Crippen LogP contribution in [0, 0.1) is 23.2 Å². The van der Waals surface area contributed by atoms with E-state index in [1.807, 2.05) is 100 Å². The number of fused-ring (bicyclic) bond motifs is 4. The third kappa shape index (κ3) is 15.5. The van der Waals surface area contributed by atoms with Gasteiger partial charge in [0, 0.05) is 75.0 Å². The minimum atomic E-state index is -1.07. The predicted octanol–water partition coefficient (Wildman–Crippen LogP) is 11.4. The average molecular weight is 1200 g/mol. The molecule has 4 amide bonds. The first-order valence-electron chi connectivity index (χ1n) is 29.8. The van der Waals surface area contributed by atoms with E-state index in [9.17, 15) is 33.9 Å². The number of aliphatic hydroxyl groups excluding tert-OH is 1. The second-order valence-corrected chi connectivity index (χ2v) is 26.4. The van der Waals surface area contributed by atoms with E-state index in [-0.39, 0.29) is 60.3 Å². The lowest BCUT2D eigenvalue weighted by Crippen LogP contribution is -2.57. The number of allylic oxidation sites excluding steroid dienone is 4. The number of amides is 4. The van der Waals surface area contributed by atoms with Gasteiger partial charge in [-0.1, -0.05) is 113 Å². The molecule has 4 aliphatic rings. The van der Waals surface area contributed by atoms with Crippen LogP contribution in [0.2, 0.25) is 0 Å². The lowest BCUT2D eigenvalue weighted by Gasteiger charge is -2.55. The number of aliphatic hydroxyl groups is 1. The number of aromatic nitrogens is 2. The Morgan fingerprint density at radius 3 is 2.12 bits per heavy atom. The van der Waals surface area contributed by atoms with Gasteiger partial charge in [0.15, 0.2) is 17.2 Å². The molecule has 2 saturated carbocycles. The number of anilines is 1. The minimum Gasteiger partial charge on any atom is -0.451 e. The van der Waals surface area contributed by atoms with Crippen molar-refractivity contribution in [2.75, 3.05) is 26.0 Å². The SMILES string of the molecule is CC(=O)O[C@]1(C(C)=O)CC[C@H]2[C@@H]3CCC4=CC(=O)CCC4=C3[C@@H](c3ccc(N(C)C)cc3)C[C@@]21C.CC(C)c1nc(CN(C)C(=O)N[C@H](C(=O)N[C@@H](Cc2ccccc2)C[C@H](O)[C@H](Cc2ccccc2)NC(=O)OCc2cncs2)C(C)C)cs1. The molecule has 454 valence electrons. The Labute approximate surface area is 509 Å². The van der Waals surface area contributed by atoms with E-state index in [0.29, 0.717) is 44.1 Å². The molecule has 16 nitrogen and oxygen atoms in total. The standard InChI is InChI=1S/C37H48N6O5S2.C30H37NO4/c1-24(2)33(42-36(46)43(5)20-29-22-49-35(40-29)25(3)4)34(45)39-28(16-26-12-8-6-9-13-26)18-32(44)31(17-27-14-10-7-11-15-27)41-37(47)48-21-30-19-38-23-50-30;1-18(32)30(35-19(2)33)15-14-27-25-12-8-21-16-23(34)11-13-24(21)28(25)26(17-29(27,30)3)20-6-9-22(10-7-20)31(4)5/h6-15,19,22-25,28,31-33,44H,16-18,20-21H2,1-5H3,(H,39,45)(H,41,47)(H,42,46);6-7,9-10,16,25-27H,8,11-15,17H2,1-5H3/t28-,31-,32-,33-;25-,26+,27-,29-,30-/m00/s1. The van der Waals surface area contributed by atoms with Gasteiger partial charge in [-0.3, -0.25) is 24.2 Å². The number of hydrogen-bond donors (Lipinski definition) is 4. The van der Waals surface area contributed by atoms with Crippen LogP contribution in [-0.4, -0.2) is 107 Å². The van der Waals surface area contributed by atoms with Crippen molar-refractivity contribution in [3.63, 3.8) is 0 Å². The number of benzene rings is 3. The zero-order valence-electron chi connectivity index (χ0n) is 50.9. The second-order valence-electron chi connectivity index (χ2n) is 24.5. The van der Waals surface area contributed by atoms with Gasteiger partial charge in [0.05, 0.1) is 39.8 Å². The smallest absolute Gasteiger partial charge is 0.407 e. The van der Waals surface area contributed by atoms with E-state index in [2.05, 4.69) is 75.9 Å². The van der Waals surface area contributed by atoms with Crippen LogP contribution in [0.5, 0.6) is 0 Å². The number of ketones is 2. The molecule has 3 aromatic carbocycles. The van der Waals surface area contributed by atoms with Crippen molar-refractivity contribution in [3.8, 4) is 0 Å². The lowest BCUT2D eigenvalue weighted by atomic mass is 9.50. The van der Waals surface area contributed by atoms with Crippen LogP contribution in [-0.2, 0) is 54.6 Å². The first kappa shape index (κ1) is 64.0. The first-order valence-corrected chi connectivity index (χ1v) is 31.6. The number of nitrogens with one attached hydrogen (secondary N) is 3. The molecule has 0 spiro atoms. The second kappa shape index (κ2) is 28.5. The van der Waals surface area contributed by atoms with Gasteiger partial charge in [-0.05, 0) is 129 Å². The summed E-state index contributed by atoms with van der Waals surface area (Å²) in [5.41, 5.74) is 9.33. The van der Waals surface area contributed by atoms with Gasteiger partial charge in [0.1, 0.15) is 12.6 Å². The fourth-order valence-electron chi connectivity index (χ4n) is 13.4. The van der Waals surface area contributed by atoms with Gasteiger partial charge >= 0.3 is 18.1 Å². The Morgan fingerprint density at radius 2 is 1.52 bits per heavy atom. The summed E-state index contributed by atoms with van der Waals surface area (Å²) in [6, 6.07) is 25.5. The maximum Gasteiger partial charge on any atom is 0.407 e. The zero-order valence-corrected chi connectivity index (χ0v) is 52.5. The summed E-state index contributed by atoms with van der Waals surface area (Å²) in [7, 11) is 5.76. The summed E-state index contributed by atoms with van der Waals surface area (Å²) in [6.07, 6.45) is 8.25. The third-order valence-electron chi connectivity index (χ3n) is 17.7. The van der Waals surface area contributed by atoms with E-state index in [1.165, 1.54) is 45.4 Å². The van der Waals surface area contributed by atoms with Crippen LogP contribution >= 0.6 is 22.7 Å². The summed E-state index contributed by atoms with van der Waals surface area (Å²) < 4.78 is 11.4. The van der Waals surface area contributed by atoms with Crippen LogP contribution in [0.4, 0.5) is 15.3 Å². The van der Waals surface area contributed by atoms with Crippen molar-refractivity contribution in [2.24, 2.45) is 23.2 Å². The Hall–Kier alpha value is -7.02. The fraction of sp³-hybridized carbons (Fsp3) is 0.493. The summed E-state index contributed by atoms with van der Waals surface area (Å²) >= 11 is 2.95. The van der Waals surface area contributed by atoms with E-state index < -0.39 is 41.3 Å². The van der Waals surface area contributed by atoms with E-state index in [0.717, 1.165) is 64.5 Å². The number of carbonyl (C=O) groups excluding carboxylic acids is 6. The maximum absolute atomic E-state index is 13.9. The van der Waals surface area contributed by atoms with E-state index in [4.69, 9.17) is 9.47 Å². The first-order chi connectivity index (χ1) is 40.5. The summed E-state index contributed by atoms with van der Waals surface area (Å²) in [6.45, 7) is 13.5. The van der Waals surface area contributed by atoms with Crippen molar-refractivity contribution in [3.05, 3.63) is 157 Å². The number of rotatable bonds is 21. The quantitative estimate of drug-likeness (QED) is 0.0506. The Bertz CT molecular complexity index is 3180. The van der Waals surface area contributed by atoms with Crippen LogP contribution in [0.25, 0.3) is 0 Å². The number of hydrogen-bond acceptors (Lipinski definition) is 14. The molecular weight excluding hydrogens is 1110 g/mol. The topological polar surface area (TPSA) is 209 Å². The van der Waals surface area contributed by atoms with Crippen LogP contribution < -0.4 is 20.9 Å². The van der Waals surface area contributed by atoms with Crippen molar-refractivity contribution < 1.29 is 43.3 Å². The highest BCUT2D eigenvalue weighted by Gasteiger charge is 2.67. The Morgan fingerprint density at radius 1 is 0.835 bits per heavy atom. The van der Waals surface area contributed by atoms with Crippen molar-refractivity contribution in [1.29, 1.82) is 0 Å². The number of urea groups is 1. The average Bonchev–Trinajstić information content (AvgIpc) is 1.76. The number of alkyl carbamates (subject to hydrolysis) is 1. The molecule has 0 bridgehead atoms. The number of carbonyl (C=O) groups is 6. The molecular formula is C67H85N7O9S2. The highest BCUT2D eigenvalue weighted by molar-refractivity contribution is 7.09. The van der Waals surface area contributed by atoms with Gasteiger partial charge in [0.2, 0.25) is 5.91 Å². The molecule has 5 aromatic rings. The molecule has 18 heteroatoms. The Balaban J connectivity index is 0.000000235. The molecule has 4 aliphatic carbocycles. The largest absolute Gasteiger partial charge is 0.451 e. The van der Waals surface area contributed by atoms with E-state index >= 15 is 0 Å². The van der Waals surface area contributed by atoms with Crippen LogP contribution in [0.15, 0.2) is 125 Å². The predicted molar refractivity (Wildman–Crippen MR) is 333 cm³/mol. The number of esters is 1. The van der Waals surface area contributed by atoms with Gasteiger partial charge in [-0.2, -0.15) is 0 Å². The molecule has 9 atom stereocenters. The highest BCUT2D eigenvalue weighted by atomic mass is 32.1. The highest BCUT2D eigenvalue weighted by Crippen LogP contribution is 2.68. The molecule has 0 unspecified atom stereocenters. The number of ether oxygens (including phenoxy) is 2. The molecule has 2 heterocycles. The molecule has 0 radical (unpaired) electrons. The van der Waals surface area contributed by atoms with Gasteiger partial charge in [-0.25, -0.2) is 14.6 Å². The van der Waals surface area contributed by atoms with Crippen LogP contribution in [0.1, 0.15) is 144 Å². The maximum atomic E-state index is 13.9. The third-order valence-corrected chi connectivity index (χ3v) is 19.6. The molecule has 0 saturated heterocycles. The molecule has 85 heavy (non-hydrogen) atoms. The summed E-state index contributed by atoms with van der Waals surface area (Å²) in [4.78, 5) is 90.8. The fourth-order valence-corrected chi connectivity index (χ4v) is 14.7. The Kier molecular flexibility index (Phi) is 21.4.